The van der Waals surface area contributed by atoms with Gasteiger partial charge < -0.3 is 4.74 Å². The molecular weight excluding hydrogens is 212 g/mol. The van der Waals surface area contributed by atoms with Gasteiger partial charge in [0.2, 0.25) is 0 Å². The number of benzene rings is 1. The second-order valence-corrected chi connectivity index (χ2v) is 5.43. The standard InChI is InChI=1S/C15H18O2/c1-10-12-7-8-13(9-12)14(10)17-15(16)11-5-3-2-4-6-11/h2-6,10,12-14H,7-9H2,1H3. The Balaban J connectivity index is 1.70. The maximum absolute atomic E-state index is 12.0. The second kappa shape index (κ2) is 4.17. The Kier molecular flexibility index (Phi) is 2.65. The van der Waals surface area contributed by atoms with Crippen molar-refractivity contribution in [3.05, 3.63) is 35.9 Å². The molecule has 2 nitrogen and oxygen atoms in total. The van der Waals surface area contributed by atoms with E-state index < -0.39 is 0 Å². The predicted octanol–water partition coefficient (Wildman–Crippen LogP) is 3.28. The van der Waals surface area contributed by atoms with Gasteiger partial charge in [-0.25, -0.2) is 4.79 Å². The molecule has 0 aromatic heterocycles. The highest BCUT2D eigenvalue weighted by Crippen LogP contribution is 2.49. The fraction of sp³-hybridized carbons (Fsp3) is 0.533. The van der Waals surface area contributed by atoms with Gasteiger partial charge >= 0.3 is 5.97 Å². The molecule has 0 amide bonds. The Morgan fingerprint density at radius 3 is 2.53 bits per heavy atom. The molecule has 2 fully saturated rings. The van der Waals surface area contributed by atoms with Crippen molar-refractivity contribution >= 4 is 5.97 Å². The van der Waals surface area contributed by atoms with Crippen LogP contribution in [0.4, 0.5) is 0 Å². The molecule has 4 unspecified atom stereocenters. The third-order valence-corrected chi connectivity index (χ3v) is 4.49. The van der Waals surface area contributed by atoms with Crippen molar-refractivity contribution in [2.24, 2.45) is 17.8 Å². The summed E-state index contributed by atoms with van der Waals surface area (Å²) in [6.07, 6.45) is 3.97. The number of fused-ring (bicyclic) bond motifs is 2. The van der Waals surface area contributed by atoms with Crippen LogP contribution in [0.2, 0.25) is 0 Å². The molecule has 2 aliphatic carbocycles. The van der Waals surface area contributed by atoms with E-state index in [1.165, 1.54) is 19.3 Å². The van der Waals surface area contributed by atoms with Crippen LogP contribution in [0.1, 0.15) is 36.5 Å². The lowest BCUT2D eigenvalue weighted by atomic mass is 9.88. The van der Waals surface area contributed by atoms with E-state index in [1.807, 2.05) is 30.3 Å². The number of carbonyl (C=O) groups is 1. The number of esters is 1. The van der Waals surface area contributed by atoms with E-state index in [9.17, 15) is 4.79 Å². The molecule has 0 aliphatic heterocycles. The Labute approximate surface area is 102 Å². The number of carbonyl (C=O) groups excluding carboxylic acids is 1. The largest absolute Gasteiger partial charge is 0.458 e. The van der Waals surface area contributed by atoms with Gasteiger partial charge in [0.1, 0.15) is 6.10 Å². The van der Waals surface area contributed by atoms with Crippen molar-refractivity contribution in [2.45, 2.75) is 32.3 Å². The fourth-order valence-electron chi connectivity index (χ4n) is 3.50. The van der Waals surface area contributed by atoms with Gasteiger partial charge in [-0.1, -0.05) is 25.1 Å². The van der Waals surface area contributed by atoms with Gasteiger partial charge in [-0.2, -0.15) is 0 Å². The summed E-state index contributed by atoms with van der Waals surface area (Å²) < 4.78 is 5.70. The normalized spacial score (nSPS) is 34.9. The highest BCUT2D eigenvalue weighted by molar-refractivity contribution is 5.89. The van der Waals surface area contributed by atoms with Crippen molar-refractivity contribution in [3.8, 4) is 0 Å². The summed E-state index contributed by atoms with van der Waals surface area (Å²) in [5, 5.41) is 0. The first-order valence-corrected chi connectivity index (χ1v) is 6.51. The first-order chi connectivity index (χ1) is 8.25. The molecule has 2 saturated carbocycles. The van der Waals surface area contributed by atoms with E-state index in [1.54, 1.807) is 0 Å². The molecule has 17 heavy (non-hydrogen) atoms. The molecule has 1 aromatic carbocycles. The maximum Gasteiger partial charge on any atom is 0.338 e. The lowest BCUT2D eigenvalue weighted by molar-refractivity contribution is -0.000392. The summed E-state index contributed by atoms with van der Waals surface area (Å²) in [5.74, 6) is 1.78. The molecule has 1 aromatic rings. The van der Waals surface area contributed by atoms with E-state index in [0.29, 0.717) is 17.4 Å². The Bertz CT molecular complexity index is 410. The van der Waals surface area contributed by atoms with E-state index in [4.69, 9.17) is 4.74 Å². The number of hydrogen-bond acceptors (Lipinski definition) is 2. The molecule has 2 bridgehead atoms. The smallest absolute Gasteiger partial charge is 0.338 e. The zero-order valence-electron chi connectivity index (χ0n) is 10.1. The first kappa shape index (κ1) is 10.8. The summed E-state index contributed by atoms with van der Waals surface area (Å²) in [4.78, 5) is 12.0. The summed E-state index contributed by atoms with van der Waals surface area (Å²) in [7, 11) is 0. The first-order valence-electron chi connectivity index (χ1n) is 6.51. The van der Waals surface area contributed by atoms with Crippen LogP contribution in [0.25, 0.3) is 0 Å². The van der Waals surface area contributed by atoms with Gasteiger partial charge in [-0.3, -0.25) is 0 Å². The number of ether oxygens (including phenoxy) is 1. The zero-order chi connectivity index (χ0) is 11.8. The summed E-state index contributed by atoms with van der Waals surface area (Å²) in [6.45, 7) is 2.23. The minimum absolute atomic E-state index is 0.154. The molecule has 2 heteroatoms. The molecule has 0 N–H and O–H groups in total. The van der Waals surface area contributed by atoms with E-state index in [0.717, 1.165) is 5.92 Å². The topological polar surface area (TPSA) is 26.3 Å². The molecule has 0 spiro atoms. The van der Waals surface area contributed by atoms with Crippen LogP contribution in [0.5, 0.6) is 0 Å². The molecule has 0 heterocycles. The highest BCUT2D eigenvalue weighted by Gasteiger charge is 2.47. The molecule has 0 radical (unpaired) electrons. The Hall–Kier alpha value is -1.31. The lowest BCUT2D eigenvalue weighted by Gasteiger charge is -2.27. The van der Waals surface area contributed by atoms with Gasteiger partial charge in [0.05, 0.1) is 5.56 Å². The molecule has 0 saturated heterocycles. The van der Waals surface area contributed by atoms with Crippen molar-refractivity contribution in [2.75, 3.05) is 0 Å². The van der Waals surface area contributed by atoms with Crippen LogP contribution in [0.15, 0.2) is 30.3 Å². The SMILES string of the molecule is CC1C2CCC(C2)C1OC(=O)c1ccccc1. The highest BCUT2D eigenvalue weighted by atomic mass is 16.5. The molecule has 4 atom stereocenters. The predicted molar refractivity (Wildman–Crippen MR) is 65.6 cm³/mol. The summed E-state index contributed by atoms with van der Waals surface area (Å²) >= 11 is 0. The molecule has 90 valence electrons. The summed E-state index contributed by atoms with van der Waals surface area (Å²) in [6, 6.07) is 9.30. The fourth-order valence-corrected chi connectivity index (χ4v) is 3.50. The molecular formula is C15H18O2. The molecule has 2 aliphatic rings. The van der Waals surface area contributed by atoms with Gasteiger partial charge in [0, 0.05) is 0 Å². The van der Waals surface area contributed by atoms with Crippen LogP contribution in [-0.2, 0) is 4.74 Å². The quantitative estimate of drug-likeness (QED) is 0.729. The van der Waals surface area contributed by atoms with Crippen molar-refractivity contribution in [3.63, 3.8) is 0 Å². The van der Waals surface area contributed by atoms with Gasteiger partial charge in [-0.05, 0) is 49.1 Å². The van der Waals surface area contributed by atoms with Crippen molar-refractivity contribution in [1.29, 1.82) is 0 Å². The van der Waals surface area contributed by atoms with Gasteiger partial charge in [0.25, 0.3) is 0 Å². The molecule has 3 rings (SSSR count). The number of hydrogen-bond donors (Lipinski definition) is 0. The third-order valence-electron chi connectivity index (χ3n) is 4.49. The lowest BCUT2D eigenvalue weighted by Crippen LogP contribution is -2.30. The van der Waals surface area contributed by atoms with Crippen molar-refractivity contribution < 1.29 is 9.53 Å². The maximum atomic E-state index is 12.0. The van der Waals surface area contributed by atoms with Crippen molar-refractivity contribution in [1.82, 2.24) is 0 Å². The monoisotopic (exact) mass is 230 g/mol. The second-order valence-electron chi connectivity index (χ2n) is 5.43. The minimum atomic E-state index is -0.157. The van der Waals surface area contributed by atoms with Gasteiger partial charge in [-0.15, -0.1) is 0 Å². The minimum Gasteiger partial charge on any atom is -0.458 e. The third kappa shape index (κ3) is 1.86. The van der Waals surface area contributed by atoms with Crippen LogP contribution in [-0.4, -0.2) is 12.1 Å². The average molecular weight is 230 g/mol. The summed E-state index contributed by atoms with van der Waals surface area (Å²) in [5.41, 5.74) is 0.669. The zero-order valence-corrected chi connectivity index (χ0v) is 10.1. The van der Waals surface area contributed by atoms with E-state index >= 15 is 0 Å². The Morgan fingerprint density at radius 2 is 1.88 bits per heavy atom. The Morgan fingerprint density at radius 1 is 1.18 bits per heavy atom. The number of rotatable bonds is 2. The van der Waals surface area contributed by atoms with Crippen LogP contribution in [0.3, 0.4) is 0 Å². The van der Waals surface area contributed by atoms with Crippen LogP contribution >= 0.6 is 0 Å². The van der Waals surface area contributed by atoms with E-state index in [-0.39, 0.29) is 12.1 Å². The van der Waals surface area contributed by atoms with E-state index in [2.05, 4.69) is 6.92 Å². The van der Waals surface area contributed by atoms with Gasteiger partial charge in [0.15, 0.2) is 0 Å². The van der Waals surface area contributed by atoms with Crippen LogP contribution in [0, 0.1) is 17.8 Å². The average Bonchev–Trinajstić information content (AvgIpc) is 2.94. The van der Waals surface area contributed by atoms with Crippen LogP contribution < -0.4 is 0 Å².